The number of likely N-dealkylation sites (tertiary alicyclic amines) is 1. The molecule has 6 heteroatoms. The Morgan fingerprint density at radius 2 is 2.28 bits per heavy atom. The van der Waals surface area contributed by atoms with Crippen LogP contribution in [0.3, 0.4) is 0 Å². The van der Waals surface area contributed by atoms with E-state index in [2.05, 4.69) is 16.0 Å². The maximum Gasteiger partial charge on any atom is 0.236 e. The fourth-order valence-electron chi connectivity index (χ4n) is 3.41. The van der Waals surface area contributed by atoms with E-state index in [4.69, 9.17) is 15.1 Å². The Morgan fingerprint density at radius 3 is 3.04 bits per heavy atom. The lowest BCUT2D eigenvalue weighted by atomic mass is 10.00. The lowest BCUT2D eigenvalue weighted by Crippen LogP contribution is -2.21. The fourth-order valence-corrected chi connectivity index (χ4v) is 4.05. The van der Waals surface area contributed by atoms with E-state index in [1.54, 1.807) is 11.3 Å². The lowest BCUT2D eigenvalue weighted by Gasteiger charge is -2.14. The third-order valence-electron chi connectivity index (χ3n) is 4.74. The molecule has 130 valence electrons. The summed E-state index contributed by atoms with van der Waals surface area (Å²) in [6, 6.07) is 8.04. The normalized spacial score (nSPS) is 18.0. The molecule has 0 radical (unpaired) electrons. The third kappa shape index (κ3) is 3.75. The maximum atomic E-state index is 5.86. The van der Waals surface area contributed by atoms with Crippen LogP contribution in [-0.4, -0.2) is 28.0 Å². The summed E-state index contributed by atoms with van der Waals surface area (Å²) < 4.78 is 5.86. The monoisotopic (exact) mass is 354 g/mol. The zero-order valence-electron chi connectivity index (χ0n) is 14.3. The molecular weight excluding hydrogens is 332 g/mol. The molecule has 1 atom stereocenters. The molecule has 4 rings (SSSR count). The van der Waals surface area contributed by atoms with Gasteiger partial charge in [0.1, 0.15) is 11.6 Å². The number of aromatic nitrogens is 2. The van der Waals surface area contributed by atoms with Gasteiger partial charge in [0.05, 0.1) is 10.6 Å². The van der Waals surface area contributed by atoms with Gasteiger partial charge in [0.25, 0.3) is 0 Å². The standard InChI is InChI=1S/C19H22N4OS/c1-13-16(22-19(24-13)17-3-2-8-25-17)12-23-7-6-15(11-23)9-14-4-5-18(20)21-10-14/h2-5,8,10,15H,6-7,9,11-12H2,1H3,(H2,20,21). The quantitative estimate of drug-likeness (QED) is 0.756. The van der Waals surface area contributed by atoms with Crippen molar-refractivity contribution in [3.05, 3.63) is 52.9 Å². The van der Waals surface area contributed by atoms with Crippen LogP contribution in [0, 0.1) is 12.8 Å². The number of nitrogens with zero attached hydrogens (tertiary/aromatic N) is 3. The molecule has 1 aliphatic heterocycles. The summed E-state index contributed by atoms with van der Waals surface area (Å²) in [5.74, 6) is 2.91. The third-order valence-corrected chi connectivity index (χ3v) is 5.60. The molecule has 1 saturated heterocycles. The number of rotatable bonds is 5. The van der Waals surface area contributed by atoms with E-state index in [1.807, 2.05) is 36.7 Å². The Morgan fingerprint density at radius 1 is 1.36 bits per heavy atom. The fraction of sp³-hybridized carbons (Fsp3) is 0.368. The number of hydrogen-bond acceptors (Lipinski definition) is 6. The molecule has 0 aliphatic carbocycles. The Balaban J connectivity index is 1.37. The van der Waals surface area contributed by atoms with Gasteiger partial charge < -0.3 is 10.2 Å². The summed E-state index contributed by atoms with van der Waals surface area (Å²) in [5, 5.41) is 2.05. The summed E-state index contributed by atoms with van der Waals surface area (Å²) in [6.07, 6.45) is 4.16. The molecular formula is C19H22N4OS. The van der Waals surface area contributed by atoms with E-state index in [0.717, 1.165) is 48.3 Å². The van der Waals surface area contributed by atoms with Crippen molar-refractivity contribution in [1.82, 2.24) is 14.9 Å². The Hall–Kier alpha value is -2.18. The number of hydrogen-bond donors (Lipinski definition) is 1. The van der Waals surface area contributed by atoms with Crippen molar-refractivity contribution >= 4 is 17.2 Å². The molecule has 0 bridgehead atoms. The summed E-state index contributed by atoms with van der Waals surface area (Å²) in [7, 11) is 0. The van der Waals surface area contributed by atoms with Crippen LogP contribution in [0.5, 0.6) is 0 Å². The van der Waals surface area contributed by atoms with Crippen LogP contribution in [-0.2, 0) is 13.0 Å². The molecule has 1 unspecified atom stereocenters. The highest BCUT2D eigenvalue weighted by Gasteiger charge is 2.24. The van der Waals surface area contributed by atoms with Crippen molar-refractivity contribution in [2.75, 3.05) is 18.8 Å². The minimum absolute atomic E-state index is 0.583. The summed E-state index contributed by atoms with van der Waals surface area (Å²) in [6.45, 7) is 5.06. The highest BCUT2D eigenvalue weighted by Crippen LogP contribution is 2.28. The largest absolute Gasteiger partial charge is 0.440 e. The maximum absolute atomic E-state index is 5.86. The molecule has 3 aromatic rings. The molecule has 3 aromatic heterocycles. The first-order chi connectivity index (χ1) is 12.2. The zero-order chi connectivity index (χ0) is 17.2. The van der Waals surface area contributed by atoms with E-state index in [9.17, 15) is 0 Å². The van der Waals surface area contributed by atoms with Gasteiger partial charge in [-0.05, 0) is 55.3 Å². The van der Waals surface area contributed by atoms with Gasteiger partial charge in [0.2, 0.25) is 5.89 Å². The summed E-state index contributed by atoms with van der Waals surface area (Å²) >= 11 is 1.66. The van der Waals surface area contributed by atoms with Crippen molar-refractivity contribution < 1.29 is 4.42 Å². The molecule has 0 saturated carbocycles. The molecule has 0 spiro atoms. The van der Waals surface area contributed by atoms with Crippen molar-refractivity contribution in [3.63, 3.8) is 0 Å². The van der Waals surface area contributed by atoms with Gasteiger partial charge >= 0.3 is 0 Å². The highest BCUT2D eigenvalue weighted by molar-refractivity contribution is 7.13. The summed E-state index contributed by atoms with van der Waals surface area (Å²) in [5.41, 5.74) is 7.98. The minimum atomic E-state index is 0.583. The minimum Gasteiger partial charge on any atom is -0.440 e. The van der Waals surface area contributed by atoms with E-state index in [-0.39, 0.29) is 0 Å². The topological polar surface area (TPSA) is 68.2 Å². The number of aryl methyl sites for hydroxylation is 1. The van der Waals surface area contributed by atoms with Gasteiger partial charge in [-0.2, -0.15) is 0 Å². The van der Waals surface area contributed by atoms with E-state index in [1.165, 1.54) is 12.0 Å². The smallest absolute Gasteiger partial charge is 0.236 e. The van der Waals surface area contributed by atoms with E-state index in [0.29, 0.717) is 11.7 Å². The first kappa shape index (κ1) is 16.3. The van der Waals surface area contributed by atoms with Gasteiger partial charge in [-0.15, -0.1) is 11.3 Å². The van der Waals surface area contributed by atoms with Crippen molar-refractivity contribution in [3.8, 4) is 10.8 Å². The van der Waals surface area contributed by atoms with Gasteiger partial charge in [-0.25, -0.2) is 9.97 Å². The molecule has 2 N–H and O–H groups in total. The van der Waals surface area contributed by atoms with Crippen molar-refractivity contribution in [1.29, 1.82) is 0 Å². The lowest BCUT2D eigenvalue weighted by molar-refractivity contribution is 0.311. The second-order valence-electron chi connectivity index (χ2n) is 6.68. The molecule has 0 amide bonds. The average molecular weight is 354 g/mol. The average Bonchev–Trinajstić information content (AvgIpc) is 3.33. The van der Waals surface area contributed by atoms with Gasteiger partial charge in [0, 0.05) is 19.3 Å². The summed E-state index contributed by atoms with van der Waals surface area (Å²) in [4.78, 5) is 12.5. The molecule has 0 aromatic carbocycles. The van der Waals surface area contributed by atoms with Gasteiger partial charge in [-0.1, -0.05) is 12.1 Å². The van der Waals surface area contributed by atoms with Crippen molar-refractivity contribution in [2.24, 2.45) is 5.92 Å². The van der Waals surface area contributed by atoms with E-state index < -0.39 is 0 Å². The van der Waals surface area contributed by atoms with Crippen LogP contribution in [0.2, 0.25) is 0 Å². The number of oxazole rings is 1. The van der Waals surface area contributed by atoms with Gasteiger partial charge in [-0.3, -0.25) is 4.90 Å². The van der Waals surface area contributed by atoms with Crippen LogP contribution in [0.1, 0.15) is 23.4 Å². The Bertz CT molecular complexity index is 826. The number of nitrogens with two attached hydrogens (primary N) is 1. The second kappa shape index (κ2) is 6.98. The first-order valence-electron chi connectivity index (χ1n) is 8.60. The molecule has 5 nitrogen and oxygen atoms in total. The molecule has 4 heterocycles. The van der Waals surface area contributed by atoms with Crippen LogP contribution in [0.25, 0.3) is 10.8 Å². The SMILES string of the molecule is Cc1oc(-c2cccs2)nc1CN1CCC(Cc2ccc(N)nc2)C1. The predicted molar refractivity (Wildman–Crippen MR) is 100 cm³/mol. The number of anilines is 1. The highest BCUT2D eigenvalue weighted by atomic mass is 32.1. The molecule has 1 aliphatic rings. The second-order valence-corrected chi connectivity index (χ2v) is 7.63. The Labute approximate surface area is 151 Å². The van der Waals surface area contributed by atoms with Crippen LogP contribution in [0.4, 0.5) is 5.82 Å². The van der Waals surface area contributed by atoms with Crippen molar-refractivity contribution in [2.45, 2.75) is 26.3 Å². The number of nitrogen functional groups attached to an aromatic ring is 1. The zero-order valence-corrected chi connectivity index (χ0v) is 15.1. The van der Waals surface area contributed by atoms with Gasteiger partial charge in [0.15, 0.2) is 0 Å². The van der Waals surface area contributed by atoms with E-state index >= 15 is 0 Å². The predicted octanol–water partition coefficient (Wildman–Crippen LogP) is 3.75. The van der Waals surface area contributed by atoms with Crippen LogP contribution in [0.15, 0.2) is 40.3 Å². The van der Waals surface area contributed by atoms with Crippen LogP contribution >= 0.6 is 11.3 Å². The number of thiophene rings is 1. The first-order valence-corrected chi connectivity index (χ1v) is 9.48. The molecule has 25 heavy (non-hydrogen) atoms. The number of pyridine rings is 1. The molecule has 1 fully saturated rings. The van der Waals surface area contributed by atoms with Crippen LogP contribution < -0.4 is 5.73 Å². The Kier molecular flexibility index (Phi) is 4.55.